The lowest BCUT2D eigenvalue weighted by atomic mass is 10.0. The normalized spacial score (nSPS) is 10.5. The van der Waals surface area contributed by atoms with Crippen molar-refractivity contribution in [1.29, 1.82) is 0 Å². The predicted molar refractivity (Wildman–Crippen MR) is 80.5 cm³/mol. The lowest BCUT2D eigenvalue weighted by molar-refractivity contribution is 0.0992. The average Bonchev–Trinajstić information content (AvgIpc) is 2.72. The van der Waals surface area contributed by atoms with Gasteiger partial charge < -0.3 is 9.47 Å². The van der Waals surface area contributed by atoms with Crippen molar-refractivity contribution in [3.05, 3.63) is 40.2 Å². The predicted octanol–water partition coefficient (Wildman–Crippen LogP) is 2.82. The maximum Gasteiger partial charge on any atom is 0.167 e. The number of Topliss-reactive ketones (excluding diaryl/α,β-unsaturated/α-hetero) is 1. The number of ether oxygens (including phenoxy) is 2. The van der Waals surface area contributed by atoms with Gasteiger partial charge in [-0.2, -0.15) is 5.10 Å². The molecule has 0 unspecified atom stereocenters. The molecular formula is C15H17ClN2O3. The minimum Gasteiger partial charge on any atom is -0.497 e. The van der Waals surface area contributed by atoms with E-state index in [1.807, 2.05) is 6.92 Å². The molecule has 0 radical (unpaired) electrons. The van der Waals surface area contributed by atoms with Crippen LogP contribution in [0.25, 0.3) is 0 Å². The van der Waals surface area contributed by atoms with Crippen LogP contribution in [0.1, 0.15) is 21.6 Å². The molecule has 0 spiro atoms. The summed E-state index contributed by atoms with van der Waals surface area (Å²) >= 11 is 6.16. The number of carbonyl (C=O) groups is 1. The number of aryl methyl sites for hydroxylation is 2. The van der Waals surface area contributed by atoms with Crippen molar-refractivity contribution >= 4 is 17.4 Å². The first-order chi connectivity index (χ1) is 9.96. The van der Waals surface area contributed by atoms with Crippen LogP contribution in [0.4, 0.5) is 0 Å². The van der Waals surface area contributed by atoms with E-state index in [0.29, 0.717) is 22.2 Å². The molecule has 2 rings (SSSR count). The maximum absolute atomic E-state index is 12.5. The third-order valence-electron chi connectivity index (χ3n) is 3.28. The second-order valence-corrected chi connectivity index (χ2v) is 5.04. The smallest absolute Gasteiger partial charge is 0.167 e. The minimum absolute atomic E-state index is 0.0646. The van der Waals surface area contributed by atoms with Crippen LogP contribution < -0.4 is 9.47 Å². The first-order valence-corrected chi connectivity index (χ1v) is 6.78. The Balaban J connectivity index is 2.32. The molecule has 1 aromatic carbocycles. The number of nitrogens with zero attached hydrogens (tertiary/aromatic N) is 2. The fourth-order valence-corrected chi connectivity index (χ4v) is 2.35. The Labute approximate surface area is 128 Å². The van der Waals surface area contributed by atoms with E-state index < -0.39 is 0 Å². The van der Waals surface area contributed by atoms with Gasteiger partial charge in [0.1, 0.15) is 16.7 Å². The zero-order chi connectivity index (χ0) is 15.6. The molecule has 21 heavy (non-hydrogen) atoms. The zero-order valence-corrected chi connectivity index (χ0v) is 13.2. The Hall–Kier alpha value is -2.01. The van der Waals surface area contributed by atoms with Crippen molar-refractivity contribution in [3.63, 3.8) is 0 Å². The lowest BCUT2D eigenvalue weighted by Crippen LogP contribution is -2.05. The number of methoxy groups -OCH3 is 2. The second-order valence-electron chi connectivity index (χ2n) is 4.68. The van der Waals surface area contributed by atoms with Gasteiger partial charge in [-0.05, 0) is 19.1 Å². The minimum atomic E-state index is -0.0646. The fraction of sp³-hybridized carbons (Fsp3) is 0.333. The largest absolute Gasteiger partial charge is 0.497 e. The van der Waals surface area contributed by atoms with Crippen LogP contribution in [0.3, 0.4) is 0 Å². The fourth-order valence-electron chi connectivity index (χ4n) is 2.11. The molecule has 112 valence electrons. The van der Waals surface area contributed by atoms with Crippen molar-refractivity contribution in [3.8, 4) is 11.5 Å². The number of aromatic nitrogens is 2. The summed E-state index contributed by atoms with van der Waals surface area (Å²) in [5.74, 6) is 1.09. The van der Waals surface area contributed by atoms with Gasteiger partial charge in [0, 0.05) is 30.7 Å². The highest BCUT2D eigenvalue weighted by Gasteiger charge is 2.17. The van der Waals surface area contributed by atoms with Crippen molar-refractivity contribution in [2.24, 2.45) is 7.05 Å². The molecule has 0 fully saturated rings. The van der Waals surface area contributed by atoms with Crippen LogP contribution in [0.5, 0.6) is 11.5 Å². The summed E-state index contributed by atoms with van der Waals surface area (Å²) in [5.41, 5.74) is 2.02. The number of ketones is 1. The van der Waals surface area contributed by atoms with Gasteiger partial charge in [-0.25, -0.2) is 0 Å². The van der Waals surface area contributed by atoms with Gasteiger partial charge in [0.2, 0.25) is 0 Å². The first kappa shape index (κ1) is 15.4. The molecule has 0 amide bonds. The van der Waals surface area contributed by atoms with Crippen molar-refractivity contribution in [2.75, 3.05) is 14.2 Å². The number of hydrogen-bond acceptors (Lipinski definition) is 4. The monoisotopic (exact) mass is 308 g/mol. The molecule has 0 aliphatic carbocycles. The molecule has 0 saturated heterocycles. The van der Waals surface area contributed by atoms with E-state index in [-0.39, 0.29) is 12.2 Å². The van der Waals surface area contributed by atoms with E-state index in [2.05, 4.69) is 5.10 Å². The third kappa shape index (κ3) is 3.19. The van der Waals surface area contributed by atoms with E-state index in [0.717, 1.165) is 11.3 Å². The molecular weight excluding hydrogens is 292 g/mol. The van der Waals surface area contributed by atoms with E-state index >= 15 is 0 Å². The molecule has 0 bridgehead atoms. The van der Waals surface area contributed by atoms with Crippen LogP contribution in [-0.4, -0.2) is 29.8 Å². The molecule has 0 atom stereocenters. The Morgan fingerprint density at radius 2 is 1.81 bits per heavy atom. The van der Waals surface area contributed by atoms with Crippen LogP contribution >= 0.6 is 11.6 Å². The highest BCUT2D eigenvalue weighted by molar-refractivity contribution is 6.30. The topological polar surface area (TPSA) is 53.4 Å². The van der Waals surface area contributed by atoms with E-state index in [9.17, 15) is 4.79 Å². The molecule has 0 N–H and O–H groups in total. The second kappa shape index (κ2) is 6.18. The van der Waals surface area contributed by atoms with E-state index in [1.54, 1.807) is 44.1 Å². The summed E-state index contributed by atoms with van der Waals surface area (Å²) in [5, 5.41) is 4.69. The average molecular weight is 309 g/mol. The summed E-state index contributed by atoms with van der Waals surface area (Å²) in [6, 6.07) is 5.09. The van der Waals surface area contributed by atoms with Gasteiger partial charge in [0.05, 0.1) is 19.9 Å². The maximum atomic E-state index is 12.5. The first-order valence-electron chi connectivity index (χ1n) is 6.40. The number of carbonyl (C=O) groups excluding carboxylic acids is 1. The summed E-state index contributed by atoms with van der Waals surface area (Å²) in [4.78, 5) is 12.5. The van der Waals surface area contributed by atoms with Gasteiger partial charge >= 0.3 is 0 Å². The molecule has 1 heterocycles. The van der Waals surface area contributed by atoms with Gasteiger partial charge in [0.15, 0.2) is 5.78 Å². The van der Waals surface area contributed by atoms with Crippen LogP contribution in [0, 0.1) is 6.92 Å². The molecule has 6 heteroatoms. The van der Waals surface area contributed by atoms with Gasteiger partial charge in [0.25, 0.3) is 0 Å². The quantitative estimate of drug-likeness (QED) is 0.797. The van der Waals surface area contributed by atoms with Crippen LogP contribution in [0.15, 0.2) is 18.2 Å². The van der Waals surface area contributed by atoms with E-state index in [1.165, 1.54) is 0 Å². The highest BCUT2D eigenvalue weighted by Crippen LogP contribution is 2.25. The Morgan fingerprint density at radius 3 is 2.24 bits per heavy atom. The molecule has 0 aliphatic rings. The molecule has 5 nitrogen and oxygen atoms in total. The molecule has 0 aliphatic heterocycles. The number of rotatable bonds is 5. The highest BCUT2D eigenvalue weighted by atomic mass is 35.5. The summed E-state index contributed by atoms with van der Waals surface area (Å²) in [6.45, 7) is 1.83. The van der Waals surface area contributed by atoms with Gasteiger partial charge in [-0.1, -0.05) is 11.6 Å². The Kier molecular flexibility index (Phi) is 4.53. The Bertz CT molecular complexity index is 658. The third-order valence-corrected chi connectivity index (χ3v) is 3.75. The number of benzene rings is 1. The van der Waals surface area contributed by atoms with Crippen molar-refractivity contribution < 1.29 is 14.3 Å². The van der Waals surface area contributed by atoms with Gasteiger partial charge in [-0.3, -0.25) is 9.48 Å². The lowest BCUT2D eigenvalue weighted by Gasteiger charge is -2.08. The van der Waals surface area contributed by atoms with Crippen molar-refractivity contribution in [2.45, 2.75) is 13.3 Å². The SMILES string of the molecule is COc1cc(OC)cc(C(=O)Cc2c(C)nn(C)c2Cl)c1. The zero-order valence-electron chi connectivity index (χ0n) is 12.4. The summed E-state index contributed by atoms with van der Waals surface area (Å²) in [7, 11) is 4.84. The number of hydrogen-bond donors (Lipinski definition) is 0. The molecule has 0 saturated carbocycles. The standard InChI is InChI=1S/C15H17ClN2O3/c1-9-13(15(16)18(2)17-9)8-14(19)10-5-11(20-3)7-12(6-10)21-4/h5-7H,8H2,1-4H3. The van der Waals surface area contributed by atoms with Gasteiger partial charge in [-0.15, -0.1) is 0 Å². The van der Waals surface area contributed by atoms with Crippen molar-refractivity contribution in [1.82, 2.24) is 9.78 Å². The van der Waals surface area contributed by atoms with Crippen LogP contribution in [0.2, 0.25) is 5.15 Å². The summed E-state index contributed by atoms with van der Waals surface area (Å²) < 4.78 is 11.9. The summed E-state index contributed by atoms with van der Waals surface area (Å²) in [6.07, 6.45) is 0.189. The molecule has 1 aromatic heterocycles. The molecule has 2 aromatic rings. The van der Waals surface area contributed by atoms with Crippen LogP contribution in [-0.2, 0) is 13.5 Å². The van der Waals surface area contributed by atoms with E-state index in [4.69, 9.17) is 21.1 Å². The Morgan fingerprint density at radius 1 is 1.24 bits per heavy atom. The number of halogens is 1.